The number of rotatable bonds is 6. The number of carbonyl (C=O) groups is 4. The Kier molecular flexibility index (Phi) is 9.05. The maximum absolute atomic E-state index is 14.7. The molecule has 2 saturated carbocycles. The summed E-state index contributed by atoms with van der Waals surface area (Å²) in [7, 11) is -3.93. The average Bonchev–Trinajstić information content (AvgIpc) is 4.02. The number of halogens is 2. The zero-order valence-corrected chi connectivity index (χ0v) is 30.2. The first-order valence-electron chi connectivity index (χ1n) is 18.2. The average molecular weight is 764 g/mol. The predicted octanol–water partition coefficient (Wildman–Crippen LogP) is 4.27. The van der Waals surface area contributed by atoms with Crippen molar-refractivity contribution in [3.8, 4) is 5.75 Å². The SMILES string of the molecule is CC(=O)N[C@H]1CCCCC/C=C\[C@@H]2C[C@@]2(C(=O)NS(=O)(=O)C2CC2)NC(=O)[C@@H]2C[C@@H](Oc3c4cc(F)ccc4nc4c3oc3ccc(F)cc34)CN2C1=O. The van der Waals surface area contributed by atoms with E-state index in [0.29, 0.717) is 48.6 Å². The summed E-state index contributed by atoms with van der Waals surface area (Å²) in [5.41, 5.74) is -0.528. The van der Waals surface area contributed by atoms with E-state index in [1.807, 2.05) is 12.2 Å². The standard InChI is InChI=1S/C38H39F2N5O8S/c1-20(46)41-29-8-6-4-2-3-5-7-21-18-38(21,37(49)44-54(50,51)25-11-12-25)43-35(47)30-17-24(19-45(30)36(29)48)52-33-26-15-22(39)9-13-28(26)42-32-27-16-23(40)10-14-31(27)53-34(32)33/h5,7,9-10,13-16,21,24-25,29-30H,2-4,6,8,11-12,17-19H2,1H3,(H,41,46)(H,43,47)(H,44,49)/b7-5-/t21-,24-,29+,30+,38-/m1/s1. The van der Waals surface area contributed by atoms with Crippen LogP contribution in [0.25, 0.3) is 33.0 Å². The number of pyridine rings is 1. The molecule has 3 fully saturated rings. The predicted molar refractivity (Wildman–Crippen MR) is 192 cm³/mol. The van der Waals surface area contributed by atoms with Gasteiger partial charge in [-0.2, -0.15) is 0 Å². The van der Waals surface area contributed by atoms with Crippen LogP contribution in [0, 0.1) is 17.6 Å². The topological polar surface area (TPSA) is 177 Å². The van der Waals surface area contributed by atoms with E-state index < -0.39 is 80.2 Å². The molecule has 4 amide bonds. The van der Waals surface area contributed by atoms with Gasteiger partial charge in [-0.05, 0) is 74.9 Å². The normalized spacial score (nSPS) is 27.1. The minimum Gasteiger partial charge on any atom is -0.484 e. The van der Waals surface area contributed by atoms with Crippen molar-refractivity contribution in [3.05, 3.63) is 60.2 Å². The van der Waals surface area contributed by atoms with E-state index in [-0.39, 0.29) is 41.6 Å². The second-order valence-corrected chi connectivity index (χ2v) is 16.7. The van der Waals surface area contributed by atoms with Crippen molar-refractivity contribution in [1.29, 1.82) is 0 Å². The smallest absolute Gasteiger partial charge is 0.259 e. The van der Waals surface area contributed by atoms with Crippen molar-refractivity contribution in [1.82, 2.24) is 25.2 Å². The van der Waals surface area contributed by atoms with E-state index in [2.05, 4.69) is 20.3 Å². The van der Waals surface area contributed by atoms with Crippen molar-refractivity contribution >= 4 is 66.6 Å². The van der Waals surface area contributed by atoms with Crippen LogP contribution in [0.4, 0.5) is 8.78 Å². The monoisotopic (exact) mass is 763 g/mol. The molecule has 16 heteroatoms. The molecule has 2 aromatic carbocycles. The first-order chi connectivity index (χ1) is 25.8. The minimum absolute atomic E-state index is 0.0821. The fraction of sp³-hybridized carbons (Fsp3) is 0.447. The van der Waals surface area contributed by atoms with E-state index in [1.54, 1.807) is 0 Å². The number of sulfonamides is 1. The van der Waals surface area contributed by atoms with Crippen LogP contribution in [0.15, 0.2) is 53.0 Å². The fourth-order valence-corrected chi connectivity index (χ4v) is 9.09. The number of benzene rings is 2. The molecule has 0 radical (unpaired) electrons. The number of allylic oxidation sites excluding steroid dienone is 1. The van der Waals surface area contributed by atoms with Crippen LogP contribution in [0.5, 0.6) is 5.75 Å². The Morgan fingerprint density at radius 3 is 2.56 bits per heavy atom. The molecular formula is C38H39F2N5O8S. The van der Waals surface area contributed by atoms with Crippen LogP contribution in [-0.4, -0.2) is 77.5 Å². The van der Waals surface area contributed by atoms with Gasteiger partial charge in [0.15, 0.2) is 11.3 Å². The van der Waals surface area contributed by atoms with Crippen LogP contribution in [-0.2, 0) is 29.2 Å². The number of hydrogen-bond donors (Lipinski definition) is 3. The summed E-state index contributed by atoms with van der Waals surface area (Å²) in [6.07, 6.45) is 6.94. The number of hydrogen-bond acceptors (Lipinski definition) is 9. The van der Waals surface area contributed by atoms with Crippen LogP contribution in [0.3, 0.4) is 0 Å². The largest absolute Gasteiger partial charge is 0.484 e. The summed E-state index contributed by atoms with van der Waals surface area (Å²) in [6.45, 7) is 1.16. The van der Waals surface area contributed by atoms with Gasteiger partial charge in [0.1, 0.15) is 46.5 Å². The molecule has 4 heterocycles. The van der Waals surface area contributed by atoms with Gasteiger partial charge in [-0.1, -0.05) is 25.0 Å². The zero-order chi connectivity index (χ0) is 37.9. The van der Waals surface area contributed by atoms with Crippen LogP contribution in [0.2, 0.25) is 0 Å². The van der Waals surface area contributed by atoms with Gasteiger partial charge in [-0.15, -0.1) is 0 Å². The van der Waals surface area contributed by atoms with Gasteiger partial charge in [0.25, 0.3) is 5.91 Å². The number of amides is 4. The van der Waals surface area contributed by atoms with E-state index in [1.165, 1.54) is 48.2 Å². The molecule has 284 valence electrons. The number of carbonyl (C=O) groups excluding carboxylic acids is 4. The Labute approximate surface area is 308 Å². The van der Waals surface area contributed by atoms with Gasteiger partial charge in [0, 0.05) is 30.0 Å². The molecule has 2 aromatic heterocycles. The maximum atomic E-state index is 14.7. The van der Waals surface area contributed by atoms with Crippen LogP contribution >= 0.6 is 0 Å². The summed E-state index contributed by atoms with van der Waals surface area (Å²) < 4.78 is 69.5. The minimum atomic E-state index is -3.93. The molecule has 0 bridgehead atoms. The molecule has 2 aliphatic heterocycles. The Hall–Kier alpha value is -5.12. The van der Waals surface area contributed by atoms with Gasteiger partial charge in [0.2, 0.25) is 27.7 Å². The lowest BCUT2D eigenvalue weighted by Gasteiger charge is -2.29. The Morgan fingerprint density at radius 1 is 1.04 bits per heavy atom. The van der Waals surface area contributed by atoms with Gasteiger partial charge in [-0.25, -0.2) is 22.2 Å². The van der Waals surface area contributed by atoms with Gasteiger partial charge >= 0.3 is 0 Å². The summed E-state index contributed by atoms with van der Waals surface area (Å²) in [5.74, 6) is -3.98. The van der Waals surface area contributed by atoms with E-state index in [9.17, 15) is 36.4 Å². The second-order valence-electron chi connectivity index (χ2n) is 14.8. The molecule has 0 spiro atoms. The highest BCUT2D eigenvalue weighted by Gasteiger charge is 2.62. The summed E-state index contributed by atoms with van der Waals surface area (Å²) in [4.78, 5) is 60.6. The molecule has 5 atom stereocenters. The van der Waals surface area contributed by atoms with Gasteiger partial charge in [-0.3, -0.25) is 23.9 Å². The van der Waals surface area contributed by atoms with Gasteiger partial charge < -0.3 is 24.7 Å². The quantitative estimate of drug-likeness (QED) is 0.242. The molecule has 2 aliphatic carbocycles. The van der Waals surface area contributed by atoms with E-state index in [0.717, 1.165) is 12.8 Å². The molecule has 0 unspecified atom stereocenters. The Bertz CT molecular complexity index is 2360. The Balaban J connectivity index is 1.17. The van der Waals surface area contributed by atoms with Crippen molar-refractivity contribution in [3.63, 3.8) is 0 Å². The van der Waals surface area contributed by atoms with Gasteiger partial charge in [0.05, 0.1) is 17.3 Å². The third-order valence-corrected chi connectivity index (χ3v) is 12.6. The molecule has 4 aromatic rings. The summed E-state index contributed by atoms with van der Waals surface area (Å²) in [5, 5.41) is 5.51. The summed E-state index contributed by atoms with van der Waals surface area (Å²) in [6, 6.07) is 5.70. The summed E-state index contributed by atoms with van der Waals surface area (Å²) >= 11 is 0. The lowest BCUT2D eigenvalue weighted by molar-refractivity contribution is -0.142. The molecule has 1 saturated heterocycles. The van der Waals surface area contributed by atoms with Crippen molar-refractivity contribution < 1.29 is 45.5 Å². The number of furan rings is 1. The molecule has 13 nitrogen and oxygen atoms in total. The van der Waals surface area contributed by atoms with Crippen molar-refractivity contribution in [2.24, 2.45) is 5.92 Å². The van der Waals surface area contributed by atoms with Crippen molar-refractivity contribution in [2.75, 3.05) is 6.54 Å². The molecule has 3 N–H and O–H groups in total. The zero-order valence-electron chi connectivity index (χ0n) is 29.4. The fourth-order valence-electron chi connectivity index (χ4n) is 7.73. The Morgan fingerprint density at radius 2 is 1.80 bits per heavy atom. The molecule has 54 heavy (non-hydrogen) atoms. The highest BCUT2D eigenvalue weighted by Crippen LogP contribution is 2.46. The molecule has 4 aliphatic rings. The maximum Gasteiger partial charge on any atom is 0.259 e. The number of nitrogens with zero attached hydrogens (tertiary/aromatic N) is 2. The number of nitrogens with one attached hydrogen (secondary N) is 3. The van der Waals surface area contributed by atoms with Crippen molar-refractivity contribution in [2.45, 2.75) is 93.7 Å². The number of ether oxygens (including phenoxy) is 1. The number of fused-ring (bicyclic) bond motifs is 6. The first-order valence-corrected chi connectivity index (χ1v) is 19.8. The molecular weight excluding hydrogens is 725 g/mol. The first kappa shape index (κ1) is 35.9. The number of aromatic nitrogens is 1. The second kappa shape index (κ2) is 13.6. The third kappa shape index (κ3) is 6.75. The van der Waals surface area contributed by atoms with Crippen LogP contribution < -0.4 is 20.1 Å². The third-order valence-electron chi connectivity index (χ3n) is 10.8. The highest BCUT2D eigenvalue weighted by molar-refractivity contribution is 7.91. The van der Waals surface area contributed by atoms with E-state index >= 15 is 0 Å². The molecule has 8 rings (SSSR count). The highest BCUT2D eigenvalue weighted by atomic mass is 32.2. The lowest BCUT2D eigenvalue weighted by atomic mass is 10.0. The van der Waals surface area contributed by atoms with Crippen LogP contribution in [0.1, 0.15) is 64.7 Å². The van der Waals surface area contributed by atoms with E-state index in [4.69, 9.17) is 9.15 Å². The lowest BCUT2D eigenvalue weighted by Crippen LogP contribution is -2.58.